The van der Waals surface area contributed by atoms with Gasteiger partial charge in [0.15, 0.2) is 0 Å². The average molecular weight is 248 g/mol. The van der Waals surface area contributed by atoms with Gasteiger partial charge in [0.05, 0.1) is 0 Å². The van der Waals surface area contributed by atoms with Gasteiger partial charge in [-0.15, -0.1) is 0 Å². The third-order valence-corrected chi connectivity index (χ3v) is 4.04. The summed E-state index contributed by atoms with van der Waals surface area (Å²) in [6.45, 7) is 2.76. The van der Waals surface area contributed by atoms with Crippen LogP contribution in [0.15, 0.2) is 24.3 Å². The van der Waals surface area contributed by atoms with Crippen molar-refractivity contribution in [2.75, 3.05) is 19.6 Å². The molecule has 1 N–H and O–H groups in total. The van der Waals surface area contributed by atoms with E-state index in [1.807, 2.05) is 4.90 Å². The van der Waals surface area contributed by atoms with E-state index in [2.05, 4.69) is 5.32 Å². The van der Waals surface area contributed by atoms with Crippen LogP contribution in [0.25, 0.3) is 0 Å². The standard InChI is InChI=1S/C14H17FN2O/c15-12-3-1-2-10(8-12)14(18)17-7-5-11-9-16-6-4-13(11)17/h1-3,8,11,13,16H,4-7,9H2/t11-,13+/m1/s1. The largest absolute Gasteiger partial charge is 0.335 e. The Bertz CT molecular complexity index is 463. The van der Waals surface area contributed by atoms with Crippen LogP contribution in [0.1, 0.15) is 23.2 Å². The summed E-state index contributed by atoms with van der Waals surface area (Å²) in [6.07, 6.45) is 2.06. The molecule has 1 aromatic carbocycles. The molecular formula is C14H17FN2O. The molecule has 2 atom stereocenters. The lowest BCUT2D eigenvalue weighted by Gasteiger charge is -2.32. The number of fused-ring (bicyclic) bond motifs is 1. The first-order chi connectivity index (χ1) is 8.75. The number of nitrogens with one attached hydrogen (secondary N) is 1. The summed E-state index contributed by atoms with van der Waals surface area (Å²) in [4.78, 5) is 14.3. The van der Waals surface area contributed by atoms with Crippen molar-refractivity contribution >= 4 is 5.91 Å². The number of carbonyl (C=O) groups is 1. The lowest BCUT2D eigenvalue weighted by Crippen LogP contribution is -2.45. The fourth-order valence-electron chi connectivity index (χ4n) is 3.12. The fraction of sp³-hybridized carbons (Fsp3) is 0.500. The van der Waals surface area contributed by atoms with Crippen molar-refractivity contribution in [3.05, 3.63) is 35.6 Å². The molecule has 18 heavy (non-hydrogen) atoms. The molecule has 2 fully saturated rings. The Morgan fingerprint density at radius 2 is 2.28 bits per heavy atom. The first kappa shape index (κ1) is 11.7. The molecule has 96 valence electrons. The van der Waals surface area contributed by atoms with Gasteiger partial charge < -0.3 is 10.2 Å². The van der Waals surface area contributed by atoms with E-state index >= 15 is 0 Å². The van der Waals surface area contributed by atoms with Gasteiger partial charge in [0, 0.05) is 18.2 Å². The van der Waals surface area contributed by atoms with Gasteiger partial charge in [-0.3, -0.25) is 4.79 Å². The zero-order valence-electron chi connectivity index (χ0n) is 10.2. The lowest BCUT2D eigenvalue weighted by molar-refractivity contribution is 0.0697. The highest BCUT2D eigenvalue weighted by atomic mass is 19.1. The second-order valence-corrected chi connectivity index (χ2v) is 5.12. The van der Waals surface area contributed by atoms with Gasteiger partial charge in [0.25, 0.3) is 5.91 Å². The summed E-state index contributed by atoms with van der Waals surface area (Å²) < 4.78 is 13.2. The molecule has 3 rings (SSSR count). The molecule has 0 bridgehead atoms. The van der Waals surface area contributed by atoms with Crippen LogP contribution >= 0.6 is 0 Å². The zero-order chi connectivity index (χ0) is 12.5. The van der Waals surface area contributed by atoms with Crippen LogP contribution in [0.4, 0.5) is 4.39 Å². The Morgan fingerprint density at radius 3 is 3.11 bits per heavy atom. The molecule has 2 heterocycles. The number of amides is 1. The molecule has 0 aliphatic carbocycles. The van der Waals surface area contributed by atoms with E-state index in [-0.39, 0.29) is 11.7 Å². The predicted octanol–water partition coefficient (Wildman–Crippen LogP) is 1.65. The van der Waals surface area contributed by atoms with Gasteiger partial charge in [0.2, 0.25) is 0 Å². The maximum absolute atomic E-state index is 13.2. The highest BCUT2D eigenvalue weighted by Gasteiger charge is 2.38. The molecule has 0 unspecified atom stereocenters. The van der Waals surface area contributed by atoms with Crippen LogP contribution in [0.3, 0.4) is 0 Å². The SMILES string of the molecule is O=C(c1cccc(F)c1)N1CC[C@@H]2CNCC[C@@H]21. The minimum atomic E-state index is -0.345. The van der Waals surface area contributed by atoms with Crippen molar-refractivity contribution in [2.45, 2.75) is 18.9 Å². The second kappa shape index (κ2) is 4.69. The number of likely N-dealkylation sites (tertiary alicyclic amines) is 1. The lowest BCUT2D eigenvalue weighted by atomic mass is 9.94. The number of hydrogen-bond acceptors (Lipinski definition) is 2. The van der Waals surface area contributed by atoms with Crippen molar-refractivity contribution in [3.8, 4) is 0 Å². The van der Waals surface area contributed by atoms with Crippen LogP contribution in [0.2, 0.25) is 0 Å². The first-order valence-corrected chi connectivity index (χ1v) is 6.53. The molecule has 0 aromatic heterocycles. The molecule has 2 saturated heterocycles. The summed E-state index contributed by atoms with van der Waals surface area (Å²) in [6, 6.07) is 6.32. The molecule has 0 spiro atoms. The normalized spacial score (nSPS) is 27.1. The third-order valence-electron chi connectivity index (χ3n) is 4.04. The molecule has 1 aromatic rings. The van der Waals surface area contributed by atoms with E-state index in [1.54, 1.807) is 12.1 Å². The van der Waals surface area contributed by atoms with Crippen LogP contribution in [0.5, 0.6) is 0 Å². The van der Waals surface area contributed by atoms with Gasteiger partial charge in [-0.1, -0.05) is 6.07 Å². The van der Waals surface area contributed by atoms with Crippen molar-refractivity contribution in [3.63, 3.8) is 0 Å². The predicted molar refractivity (Wildman–Crippen MR) is 66.8 cm³/mol. The van der Waals surface area contributed by atoms with E-state index in [0.29, 0.717) is 17.5 Å². The van der Waals surface area contributed by atoms with Crippen LogP contribution in [0, 0.1) is 11.7 Å². The summed E-state index contributed by atoms with van der Waals surface area (Å²) in [5.41, 5.74) is 0.467. The Kier molecular flexibility index (Phi) is 3.04. The van der Waals surface area contributed by atoms with Gasteiger partial charge in [-0.25, -0.2) is 4.39 Å². The third kappa shape index (κ3) is 2.01. The molecule has 1 amide bonds. The van der Waals surface area contributed by atoms with E-state index < -0.39 is 0 Å². The second-order valence-electron chi connectivity index (χ2n) is 5.12. The smallest absolute Gasteiger partial charge is 0.254 e. The van der Waals surface area contributed by atoms with E-state index in [1.165, 1.54) is 12.1 Å². The molecule has 2 aliphatic rings. The van der Waals surface area contributed by atoms with Crippen LogP contribution < -0.4 is 5.32 Å². The summed E-state index contributed by atoms with van der Waals surface area (Å²) in [7, 11) is 0. The van der Waals surface area contributed by atoms with Crippen molar-refractivity contribution < 1.29 is 9.18 Å². The fourth-order valence-corrected chi connectivity index (χ4v) is 3.12. The zero-order valence-corrected chi connectivity index (χ0v) is 10.2. The maximum atomic E-state index is 13.2. The summed E-state index contributed by atoms with van der Waals surface area (Å²) in [5, 5.41) is 3.37. The van der Waals surface area contributed by atoms with Crippen LogP contribution in [-0.4, -0.2) is 36.5 Å². The van der Waals surface area contributed by atoms with Crippen molar-refractivity contribution in [1.29, 1.82) is 0 Å². The Morgan fingerprint density at radius 1 is 1.39 bits per heavy atom. The van der Waals surface area contributed by atoms with Gasteiger partial charge >= 0.3 is 0 Å². The number of halogens is 1. The Labute approximate surface area is 106 Å². The Balaban J connectivity index is 1.80. The number of hydrogen-bond donors (Lipinski definition) is 1. The molecule has 0 saturated carbocycles. The number of benzene rings is 1. The highest BCUT2D eigenvalue weighted by Crippen LogP contribution is 2.29. The van der Waals surface area contributed by atoms with Gasteiger partial charge in [0.1, 0.15) is 5.82 Å². The minimum Gasteiger partial charge on any atom is -0.335 e. The molecule has 0 radical (unpaired) electrons. The van der Waals surface area contributed by atoms with E-state index in [9.17, 15) is 9.18 Å². The quantitative estimate of drug-likeness (QED) is 0.819. The first-order valence-electron chi connectivity index (χ1n) is 6.53. The Hall–Kier alpha value is -1.42. The topological polar surface area (TPSA) is 32.3 Å². The monoisotopic (exact) mass is 248 g/mol. The van der Waals surface area contributed by atoms with Crippen LogP contribution in [-0.2, 0) is 0 Å². The molecular weight excluding hydrogens is 231 g/mol. The number of carbonyl (C=O) groups excluding carboxylic acids is 1. The maximum Gasteiger partial charge on any atom is 0.254 e. The van der Waals surface area contributed by atoms with Gasteiger partial charge in [-0.2, -0.15) is 0 Å². The van der Waals surface area contributed by atoms with Gasteiger partial charge in [-0.05, 0) is 50.0 Å². The van der Waals surface area contributed by atoms with E-state index in [4.69, 9.17) is 0 Å². The van der Waals surface area contributed by atoms with Crippen molar-refractivity contribution in [1.82, 2.24) is 10.2 Å². The molecule has 2 aliphatic heterocycles. The molecule has 4 heteroatoms. The summed E-state index contributed by atoms with van der Waals surface area (Å²) >= 11 is 0. The highest BCUT2D eigenvalue weighted by molar-refractivity contribution is 5.94. The van der Waals surface area contributed by atoms with Crippen molar-refractivity contribution in [2.24, 2.45) is 5.92 Å². The summed E-state index contributed by atoms with van der Waals surface area (Å²) in [5.74, 6) is 0.196. The number of piperidine rings is 1. The number of rotatable bonds is 1. The van der Waals surface area contributed by atoms with E-state index in [0.717, 1.165) is 32.5 Å². The minimum absolute atomic E-state index is 0.0242. The number of nitrogens with zero attached hydrogens (tertiary/aromatic N) is 1. The molecule has 3 nitrogen and oxygen atoms in total. The average Bonchev–Trinajstić information content (AvgIpc) is 2.82.